The summed E-state index contributed by atoms with van der Waals surface area (Å²) in [6.07, 6.45) is 1.44. The summed E-state index contributed by atoms with van der Waals surface area (Å²) in [5.74, 6) is -1.61. The molecule has 0 bridgehead atoms. The van der Waals surface area contributed by atoms with Crippen LogP contribution in [0.2, 0.25) is 0 Å². The minimum Gasteiger partial charge on any atom is -0.480 e. The van der Waals surface area contributed by atoms with E-state index in [-0.39, 0.29) is 24.3 Å². The third kappa shape index (κ3) is 4.34. The molecule has 0 fully saturated rings. The molecule has 5 nitrogen and oxygen atoms in total. The molecule has 1 aromatic heterocycles. The molecular weight excluding hydrogens is 428 g/mol. The van der Waals surface area contributed by atoms with Crippen molar-refractivity contribution in [2.45, 2.75) is 31.6 Å². The zero-order valence-electron chi connectivity index (χ0n) is 18.3. The first kappa shape index (κ1) is 23.7. The van der Waals surface area contributed by atoms with E-state index in [1.807, 2.05) is 38.1 Å². The monoisotopic (exact) mass is 454 g/mol. The van der Waals surface area contributed by atoms with Crippen LogP contribution in [0.25, 0.3) is 22.0 Å². The maximum Gasteiger partial charge on any atom is 0.507 e. The molecule has 0 aliphatic heterocycles. The van der Waals surface area contributed by atoms with E-state index in [9.17, 15) is 18.9 Å². The molecule has 2 atom stereocenters. The van der Waals surface area contributed by atoms with Gasteiger partial charge < -0.3 is 5.11 Å². The molecule has 0 amide bonds. The third-order valence-electron chi connectivity index (χ3n) is 5.67. The Bertz CT molecular complexity index is 1180. The van der Waals surface area contributed by atoms with Gasteiger partial charge in [-0.3, -0.25) is 9.78 Å². The lowest BCUT2D eigenvalue weighted by Gasteiger charge is -2.31. The van der Waals surface area contributed by atoms with E-state index in [2.05, 4.69) is 6.58 Å². The molecule has 166 valence electrons. The molecule has 3 rings (SSSR count). The number of aromatic nitrogens is 1. The second-order valence-electron chi connectivity index (χ2n) is 7.90. The van der Waals surface area contributed by atoms with Crippen molar-refractivity contribution < 1.29 is 23.4 Å². The number of benzene rings is 2. The Labute approximate surface area is 187 Å². The van der Waals surface area contributed by atoms with Crippen LogP contribution in [0.5, 0.6) is 0 Å². The van der Waals surface area contributed by atoms with Crippen molar-refractivity contribution in [2.75, 3.05) is 13.3 Å². The summed E-state index contributed by atoms with van der Waals surface area (Å²) in [5.41, 5.74) is 1.58. The molecule has 0 aliphatic rings. The van der Waals surface area contributed by atoms with Crippen molar-refractivity contribution in [1.29, 1.82) is 0 Å². The molecule has 0 spiro atoms. The number of carbonyl (C=O) groups is 1. The van der Waals surface area contributed by atoms with Crippen LogP contribution < -0.4 is 0 Å². The van der Waals surface area contributed by atoms with Gasteiger partial charge in [0.15, 0.2) is 6.16 Å². The van der Waals surface area contributed by atoms with Crippen molar-refractivity contribution in [3.05, 3.63) is 78.3 Å². The highest BCUT2D eigenvalue weighted by atomic mass is 31.1. The number of nitrogens with zero attached hydrogens (tertiary/aromatic N) is 1. The number of para-hydroxylation sites is 1. The van der Waals surface area contributed by atoms with E-state index in [1.54, 1.807) is 12.1 Å². The topological polar surface area (TPSA) is 76.5 Å². The predicted octanol–water partition coefficient (Wildman–Crippen LogP) is 6.45. The fraction of sp³-hybridized carbons (Fsp3) is 0.280. The van der Waals surface area contributed by atoms with Crippen LogP contribution in [0.3, 0.4) is 0 Å². The number of rotatable bonds is 9. The number of hydrogen-bond acceptors (Lipinski definition) is 4. The van der Waals surface area contributed by atoms with E-state index >= 15 is 0 Å². The van der Waals surface area contributed by atoms with Gasteiger partial charge in [-0.15, -0.1) is 11.1 Å². The minimum absolute atomic E-state index is 0.0167. The number of hydrogen-bond donors (Lipinski definition) is 1. The van der Waals surface area contributed by atoms with E-state index in [0.29, 0.717) is 27.9 Å². The standard InChI is InChI=1S/C25H25FNO4P/c1-5-25(24(28)29,14-15-32(30)31-4)22-21(17-10-12-18(26)13-11-17)19-8-6-7-9-20(19)27-23(22)16(2)3/h5-13,16H,1,14-15H2,2-4H3/p+1. The van der Waals surface area contributed by atoms with Crippen LogP contribution in [0.15, 0.2) is 61.2 Å². The summed E-state index contributed by atoms with van der Waals surface area (Å²) in [5, 5.41) is 11.2. The fourth-order valence-corrected chi connectivity index (χ4v) is 4.72. The van der Waals surface area contributed by atoms with Gasteiger partial charge >= 0.3 is 14.0 Å². The summed E-state index contributed by atoms with van der Waals surface area (Å²) in [4.78, 5) is 17.6. The zero-order chi connectivity index (χ0) is 23.5. The number of fused-ring (bicyclic) bond motifs is 1. The van der Waals surface area contributed by atoms with Crippen molar-refractivity contribution in [3.8, 4) is 11.1 Å². The van der Waals surface area contributed by atoms with Crippen molar-refractivity contribution in [2.24, 2.45) is 0 Å². The summed E-state index contributed by atoms with van der Waals surface area (Å²) in [6, 6.07) is 13.4. The maximum atomic E-state index is 13.7. The van der Waals surface area contributed by atoms with Crippen molar-refractivity contribution in [1.82, 2.24) is 4.98 Å². The van der Waals surface area contributed by atoms with E-state index in [1.165, 1.54) is 25.3 Å². The number of halogens is 1. The van der Waals surface area contributed by atoms with Crippen molar-refractivity contribution in [3.63, 3.8) is 0 Å². The summed E-state index contributed by atoms with van der Waals surface area (Å²) < 4.78 is 30.7. The van der Waals surface area contributed by atoms with Gasteiger partial charge in [-0.1, -0.05) is 50.3 Å². The molecule has 0 saturated heterocycles. The van der Waals surface area contributed by atoms with Gasteiger partial charge in [-0.25, -0.2) is 4.39 Å². The molecule has 1 N–H and O–H groups in total. The molecule has 2 aromatic carbocycles. The highest BCUT2D eigenvalue weighted by molar-refractivity contribution is 7.39. The fourth-order valence-electron chi connectivity index (χ4n) is 4.01. The van der Waals surface area contributed by atoms with Gasteiger partial charge in [0.1, 0.15) is 11.2 Å². The SMILES string of the molecule is C=CC(CC[P+](=O)OC)(C(=O)O)c1c(C(C)C)nc2ccccc2c1-c1ccc(F)cc1. The number of carboxylic acid groups (broad SMARTS) is 1. The van der Waals surface area contributed by atoms with E-state index in [4.69, 9.17) is 9.51 Å². The molecule has 7 heteroatoms. The molecule has 1 heterocycles. The molecule has 0 saturated carbocycles. The van der Waals surface area contributed by atoms with Crippen LogP contribution in [-0.2, 0) is 19.3 Å². The van der Waals surface area contributed by atoms with Gasteiger partial charge in [-0.05, 0) is 39.8 Å². The summed E-state index contributed by atoms with van der Waals surface area (Å²) in [7, 11) is -0.693. The number of aliphatic carboxylic acids is 1. The Kier molecular flexibility index (Phi) is 7.17. The normalized spacial score (nSPS) is 13.7. The van der Waals surface area contributed by atoms with Gasteiger partial charge in [-0.2, -0.15) is 0 Å². The van der Waals surface area contributed by atoms with Gasteiger partial charge in [0.05, 0.1) is 12.6 Å². The third-order valence-corrected chi connectivity index (χ3v) is 6.66. The quantitative estimate of drug-likeness (QED) is 0.297. The Morgan fingerprint density at radius 2 is 1.91 bits per heavy atom. The smallest absolute Gasteiger partial charge is 0.480 e. The lowest BCUT2D eigenvalue weighted by molar-refractivity contribution is -0.142. The molecule has 3 aromatic rings. The Hall–Kier alpha value is -2.95. The van der Waals surface area contributed by atoms with Gasteiger partial charge in [0.2, 0.25) is 0 Å². The van der Waals surface area contributed by atoms with E-state index < -0.39 is 19.4 Å². The molecule has 0 radical (unpaired) electrons. The molecular formula is C25H26FNO4P+. The summed E-state index contributed by atoms with van der Waals surface area (Å²) >= 11 is 0. The first-order valence-corrected chi connectivity index (χ1v) is 11.7. The van der Waals surface area contributed by atoms with Crippen molar-refractivity contribution >= 4 is 24.9 Å². The molecule has 2 unspecified atom stereocenters. The Morgan fingerprint density at radius 3 is 2.47 bits per heavy atom. The van der Waals surface area contributed by atoms with Crippen LogP contribution in [0, 0.1) is 5.82 Å². The largest absolute Gasteiger partial charge is 0.507 e. The highest BCUT2D eigenvalue weighted by Gasteiger charge is 2.44. The summed E-state index contributed by atoms with van der Waals surface area (Å²) in [6.45, 7) is 7.75. The maximum absolute atomic E-state index is 13.7. The minimum atomic E-state index is -2.02. The second-order valence-corrected chi connectivity index (χ2v) is 9.37. The average Bonchev–Trinajstić information content (AvgIpc) is 2.79. The first-order chi connectivity index (χ1) is 15.2. The first-order valence-electron chi connectivity index (χ1n) is 10.3. The number of pyridine rings is 1. The second kappa shape index (κ2) is 9.68. The van der Waals surface area contributed by atoms with Crippen LogP contribution >= 0.6 is 8.03 Å². The molecule has 32 heavy (non-hydrogen) atoms. The molecule has 0 aliphatic carbocycles. The Morgan fingerprint density at radius 1 is 1.25 bits per heavy atom. The Balaban J connectivity index is 2.48. The number of carboxylic acids is 1. The highest BCUT2D eigenvalue weighted by Crippen LogP contribution is 2.45. The lowest BCUT2D eigenvalue weighted by Crippen LogP contribution is -2.36. The van der Waals surface area contributed by atoms with E-state index in [0.717, 1.165) is 5.39 Å². The van der Waals surface area contributed by atoms with Crippen LogP contribution in [0.4, 0.5) is 4.39 Å². The lowest BCUT2D eigenvalue weighted by atomic mass is 9.72. The van der Waals surface area contributed by atoms with Gasteiger partial charge in [0.25, 0.3) is 0 Å². The predicted molar refractivity (Wildman–Crippen MR) is 125 cm³/mol. The van der Waals surface area contributed by atoms with Crippen LogP contribution in [0.1, 0.15) is 37.4 Å². The van der Waals surface area contributed by atoms with Gasteiger partial charge in [0, 0.05) is 23.1 Å². The zero-order valence-corrected chi connectivity index (χ0v) is 19.2. The average molecular weight is 454 g/mol. The van der Waals surface area contributed by atoms with Crippen LogP contribution in [-0.4, -0.2) is 29.3 Å².